The van der Waals surface area contributed by atoms with Gasteiger partial charge in [-0.15, -0.1) is 11.6 Å². The molecule has 0 amide bonds. The molecule has 3 heteroatoms. The summed E-state index contributed by atoms with van der Waals surface area (Å²) in [4.78, 5) is 0. The van der Waals surface area contributed by atoms with E-state index < -0.39 is 0 Å². The van der Waals surface area contributed by atoms with E-state index in [-0.39, 0.29) is 0 Å². The zero-order chi connectivity index (χ0) is 7.82. The molecule has 1 atom stereocenters. The number of halogens is 1. The molecule has 0 fully saturated rings. The molecule has 62 valence electrons. The van der Waals surface area contributed by atoms with Gasteiger partial charge in [-0.1, -0.05) is 0 Å². The Hall–Kier alpha value is 0.210. The number of rotatable bonds is 6. The Labute approximate surface area is 67.9 Å². The summed E-state index contributed by atoms with van der Waals surface area (Å²) in [5, 5.41) is 3.10. The highest BCUT2D eigenvalue weighted by atomic mass is 35.5. The molecule has 0 aliphatic rings. The van der Waals surface area contributed by atoms with Crippen LogP contribution in [0.15, 0.2) is 0 Å². The first-order valence-corrected chi connectivity index (χ1v) is 4.19. The van der Waals surface area contributed by atoms with Gasteiger partial charge in [-0.3, -0.25) is 0 Å². The smallest absolute Gasteiger partial charge is 0.0481 e. The lowest BCUT2D eigenvalue weighted by molar-refractivity contribution is 0.139. The van der Waals surface area contributed by atoms with E-state index in [1.165, 1.54) is 0 Å². The molecule has 0 aliphatic heterocycles. The second-order valence-corrected chi connectivity index (χ2v) is 2.43. The minimum Gasteiger partial charge on any atom is -0.382 e. The van der Waals surface area contributed by atoms with Crippen molar-refractivity contribution in [3.63, 3.8) is 0 Å². The number of alkyl halides is 1. The van der Waals surface area contributed by atoms with Gasteiger partial charge in [0.2, 0.25) is 0 Å². The lowest BCUT2D eigenvalue weighted by Crippen LogP contribution is -2.28. The molecule has 0 aromatic heterocycles. The minimum absolute atomic E-state index is 0.396. The number of nitrogens with one attached hydrogen (secondary N) is 1. The van der Waals surface area contributed by atoms with Crippen LogP contribution >= 0.6 is 11.6 Å². The highest BCUT2D eigenvalue weighted by molar-refractivity contribution is 6.18. The average Bonchev–Trinajstić information content (AvgIpc) is 1.99. The molecule has 1 unspecified atom stereocenters. The maximum absolute atomic E-state index is 5.63. The largest absolute Gasteiger partial charge is 0.382 e. The average molecular weight is 166 g/mol. The van der Waals surface area contributed by atoms with Crippen LogP contribution in [0.3, 0.4) is 0 Å². The number of hydrogen-bond donors (Lipinski definition) is 1. The van der Waals surface area contributed by atoms with Gasteiger partial charge in [-0.25, -0.2) is 0 Å². The summed E-state index contributed by atoms with van der Waals surface area (Å²) >= 11 is 5.63. The first kappa shape index (κ1) is 10.2. The highest BCUT2D eigenvalue weighted by Crippen LogP contribution is 1.94. The van der Waals surface area contributed by atoms with Crippen molar-refractivity contribution in [2.45, 2.75) is 19.4 Å². The van der Waals surface area contributed by atoms with Gasteiger partial charge in [-0.2, -0.15) is 0 Å². The van der Waals surface area contributed by atoms with Crippen LogP contribution in [0.25, 0.3) is 0 Å². The van der Waals surface area contributed by atoms with E-state index in [2.05, 4.69) is 5.32 Å². The molecule has 0 rings (SSSR count). The molecule has 0 aliphatic carbocycles. The van der Waals surface area contributed by atoms with Crippen LogP contribution in [0.4, 0.5) is 0 Å². The fourth-order valence-electron chi connectivity index (χ4n) is 0.669. The van der Waals surface area contributed by atoms with E-state index in [0.717, 1.165) is 19.6 Å². The Bertz CT molecular complexity index is 66.6. The third-order valence-corrected chi connectivity index (χ3v) is 1.78. The Kier molecular flexibility index (Phi) is 7.47. The van der Waals surface area contributed by atoms with Gasteiger partial charge >= 0.3 is 0 Å². The van der Waals surface area contributed by atoms with E-state index in [4.69, 9.17) is 16.3 Å². The molecule has 10 heavy (non-hydrogen) atoms. The Morgan fingerprint density at radius 3 is 2.70 bits per heavy atom. The molecular weight excluding hydrogens is 150 g/mol. The standard InChI is InChI=1S/C7H16ClNO/c1-3-10-5-4-7(6-8)9-2/h7,9H,3-6H2,1-2H3. The number of ether oxygens (including phenoxy) is 1. The molecule has 0 radical (unpaired) electrons. The monoisotopic (exact) mass is 165 g/mol. The third-order valence-electron chi connectivity index (χ3n) is 1.41. The first-order chi connectivity index (χ1) is 4.85. The molecule has 1 N–H and O–H groups in total. The van der Waals surface area contributed by atoms with Crippen LogP contribution in [0.2, 0.25) is 0 Å². The van der Waals surface area contributed by atoms with E-state index in [0.29, 0.717) is 11.9 Å². The molecule has 0 aromatic rings. The lowest BCUT2D eigenvalue weighted by Gasteiger charge is -2.11. The molecule has 0 saturated heterocycles. The van der Waals surface area contributed by atoms with Crippen LogP contribution in [0.1, 0.15) is 13.3 Å². The van der Waals surface area contributed by atoms with Gasteiger partial charge < -0.3 is 10.1 Å². The Morgan fingerprint density at radius 2 is 2.30 bits per heavy atom. The van der Waals surface area contributed by atoms with Crippen molar-refractivity contribution < 1.29 is 4.74 Å². The van der Waals surface area contributed by atoms with Gasteiger partial charge in [-0.05, 0) is 20.4 Å². The first-order valence-electron chi connectivity index (χ1n) is 3.66. The predicted molar refractivity (Wildman–Crippen MR) is 44.7 cm³/mol. The van der Waals surface area contributed by atoms with Gasteiger partial charge in [0.25, 0.3) is 0 Å². The van der Waals surface area contributed by atoms with Crippen LogP contribution in [0, 0.1) is 0 Å². The predicted octanol–water partition coefficient (Wildman–Crippen LogP) is 1.24. The van der Waals surface area contributed by atoms with E-state index >= 15 is 0 Å². The SMILES string of the molecule is CCOCCC(CCl)NC. The van der Waals surface area contributed by atoms with Crippen LogP contribution < -0.4 is 5.32 Å². The highest BCUT2D eigenvalue weighted by Gasteiger charge is 2.01. The minimum atomic E-state index is 0.396. The second-order valence-electron chi connectivity index (χ2n) is 2.13. The van der Waals surface area contributed by atoms with Gasteiger partial charge in [0.05, 0.1) is 0 Å². The normalized spacial score (nSPS) is 13.5. The molecule has 2 nitrogen and oxygen atoms in total. The molecule has 0 spiro atoms. The quantitative estimate of drug-likeness (QED) is 0.473. The van der Waals surface area contributed by atoms with Gasteiger partial charge in [0.1, 0.15) is 0 Å². The summed E-state index contributed by atoms with van der Waals surface area (Å²) in [7, 11) is 1.92. The zero-order valence-electron chi connectivity index (χ0n) is 6.69. The van der Waals surface area contributed by atoms with Crippen molar-refractivity contribution in [3.05, 3.63) is 0 Å². The summed E-state index contributed by atoms with van der Waals surface area (Å²) in [5.41, 5.74) is 0. The van der Waals surface area contributed by atoms with Crippen LogP contribution in [0.5, 0.6) is 0 Å². The third kappa shape index (κ3) is 5.03. The topological polar surface area (TPSA) is 21.3 Å². The maximum Gasteiger partial charge on any atom is 0.0481 e. The summed E-state index contributed by atoms with van der Waals surface area (Å²) in [6.45, 7) is 3.59. The summed E-state index contributed by atoms with van der Waals surface area (Å²) < 4.78 is 5.17. The summed E-state index contributed by atoms with van der Waals surface area (Å²) in [6.07, 6.45) is 0.994. The van der Waals surface area contributed by atoms with Crippen LogP contribution in [-0.4, -0.2) is 32.2 Å². The fraction of sp³-hybridized carbons (Fsp3) is 1.00. The number of hydrogen-bond acceptors (Lipinski definition) is 2. The Balaban J connectivity index is 3.09. The molecule has 0 saturated carbocycles. The van der Waals surface area contributed by atoms with E-state index in [9.17, 15) is 0 Å². The van der Waals surface area contributed by atoms with E-state index in [1.54, 1.807) is 0 Å². The van der Waals surface area contributed by atoms with E-state index in [1.807, 2.05) is 14.0 Å². The molecule has 0 bridgehead atoms. The molecular formula is C7H16ClNO. The van der Waals surface area contributed by atoms with Crippen molar-refractivity contribution in [1.82, 2.24) is 5.32 Å². The van der Waals surface area contributed by atoms with Crippen molar-refractivity contribution in [2.75, 3.05) is 26.1 Å². The lowest BCUT2D eigenvalue weighted by atomic mass is 10.2. The van der Waals surface area contributed by atoms with Gasteiger partial charge in [0.15, 0.2) is 0 Å². The summed E-state index contributed by atoms with van der Waals surface area (Å²) in [5.74, 6) is 0.656. The zero-order valence-corrected chi connectivity index (χ0v) is 7.45. The van der Waals surface area contributed by atoms with Gasteiger partial charge in [0, 0.05) is 25.1 Å². The Morgan fingerprint density at radius 1 is 1.60 bits per heavy atom. The van der Waals surface area contributed by atoms with Crippen molar-refractivity contribution >= 4 is 11.6 Å². The van der Waals surface area contributed by atoms with Crippen molar-refractivity contribution in [3.8, 4) is 0 Å². The van der Waals surface area contributed by atoms with Crippen LogP contribution in [-0.2, 0) is 4.74 Å². The molecule has 0 heterocycles. The fourth-order valence-corrected chi connectivity index (χ4v) is 0.977. The van der Waals surface area contributed by atoms with Crippen molar-refractivity contribution in [2.24, 2.45) is 0 Å². The maximum atomic E-state index is 5.63. The second kappa shape index (κ2) is 7.32. The van der Waals surface area contributed by atoms with Crippen molar-refractivity contribution in [1.29, 1.82) is 0 Å². The molecule has 0 aromatic carbocycles. The summed E-state index contributed by atoms with van der Waals surface area (Å²) in [6, 6.07) is 0.396.